The molecule has 15 heavy (non-hydrogen) atoms. The number of piperidine rings is 1. The number of likely N-dealkylation sites (tertiary alicyclic amines) is 1. The summed E-state index contributed by atoms with van der Waals surface area (Å²) in [5.74, 6) is 1.78. The molecule has 2 fully saturated rings. The van der Waals surface area contributed by atoms with Crippen LogP contribution in [0.4, 0.5) is 0 Å². The molecule has 1 saturated carbocycles. The van der Waals surface area contributed by atoms with Gasteiger partial charge in [-0.25, -0.2) is 0 Å². The lowest BCUT2D eigenvalue weighted by molar-refractivity contribution is -0.133. The van der Waals surface area contributed by atoms with Gasteiger partial charge in [-0.05, 0) is 31.6 Å². The van der Waals surface area contributed by atoms with E-state index in [4.69, 9.17) is 11.6 Å². The molecule has 0 radical (unpaired) electrons. The molecule has 2 unspecified atom stereocenters. The molecule has 0 N–H and O–H groups in total. The van der Waals surface area contributed by atoms with Crippen molar-refractivity contribution in [3.05, 3.63) is 0 Å². The standard InChI is InChI=1S/C12H20ClNO/c1-9(13)12(15)14-7-3-6-11(8-14)10-4-2-5-10/h9-11H,2-8H2,1H3. The van der Waals surface area contributed by atoms with E-state index in [1.807, 2.05) is 4.90 Å². The number of halogens is 1. The molecule has 1 heterocycles. The molecule has 3 heteroatoms. The first-order valence-corrected chi connectivity index (χ1v) is 6.55. The molecular formula is C12H20ClNO. The third-order valence-electron chi connectivity index (χ3n) is 3.93. The quantitative estimate of drug-likeness (QED) is 0.667. The van der Waals surface area contributed by atoms with Crippen LogP contribution in [0.15, 0.2) is 0 Å². The van der Waals surface area contributed by atoms with Gasteiger partial charge < -0.3 is 4.90 Å². The molecule has 1 amide bonds. The van der Waals surface area contributed by atoms with E-state index in [9.17, 15) is 4.79 Å². The minimum atomic E-state index is -0.356. The highest BCUT2D eigenvalue weighted by Crippen LogP contribution is 2.37. The highest BCUT2D eigenvalue weighted by atomic mass is 35.5. The first-order valence-electron chi connectivity index (χ1n) is 6.11. The Balaban J connectivity index is 1.88. The van der Waals surface area contributed by atoms with E-state index in [1.165, 1.54) is 25.7 Å². The van der Waals surface area contributed by atoms with E-state index in [0.29, 0.717) is 0 Å². The lowest BCUT2D eigenvalue weighted by Gasteiger charge is -2.41. The van der Waals surface area contributed by atoms with E-state index in [1.54, 1.807) is 6.92 Å². The molecule has 1 aliphatic carbocycles. The summed E-state index contributed by atoms with van der Waals surface area (Å²) >= 11 is 5.85. The van der Waals surface area contributed by atoms with Gasteiger partial charge in [0.1, 0.15) is 5.38 Å². The monoisotopic (exact) mass is 229 g/mol. The van der Waals surface area contributed by atoms with Crippen LogP contribution in [0.1, 0.15) is 39.0 Å². The van der Waals surface area contributed by atoms with Crippen LogP contribution in [-0.4, -0.2) is 29.3 Å². The van der Waals surface area contributed by atoms with Crippen LogP contribution in [0.5, 0.6) is 0 Å². The van der Waals surface area contributed by atoms with Crippen LogP contribution in [0, 0.1) is 11.8 Å². The minimum Gasteiger partial charge on any atom is -0.341 e. The zero-order valence-electron chi connectivity index (χ0n) is 9.42. The van der Waals surface area contributed by atoms with E-state index < -0.39 is 0 Å². The predicted molar refractivity (Wildman–Crippen MR) is 62.0 cm³/mol. The molecule has 0 spiro atoms. The van der Waals surface area contributed by atoms with Crippen LogP contribution < -0.4 is 0 Å². The second-order valence-corrected chi connectivity index (χ2v) is 5.65. The molecular weight excluding hydrogens is 210 g/mol. The van der Waals surface area contributed by atoms with Crippen LogP contribution in [0.25, 0.3) is 0 Å². The number of rotatable bonds is 2. The number of hydrogen-bond acceptors (Lipinski definition) is 1. The molecule has 0 bridgehead atoms. The van der Waals surface area contributed by atoms with E-state index in [-0.39, 0.29) is 11.3 Å². The zero-order chi connectivity index (χ0) is 10.8. The van der Waals surface area contributed by atoms with Gasteiger partial charge in [0.2, 0.25) is 5.91 Å². The summed E-state index contributed by atoms with van der Waals surface area (Å²) in [6.07, 6.45) is 6.62. The minimum absolute atomic E-state index is 0.126. The van der Waals surface area contributed by atoms with Crippen molar-refractivity contribution in [3.63, 3.8) is 0 Å². The Morgan fingerprint density at radius 1 is 1.27 bits per heavy atom. The first kappa shape index (κ1) is 11.3. The average Bonchev–Trinajstić information content (AvgIpc) is 2.14. The largest absolute Gasteiger partial charge is 0.341 e. The van der Waals surface area contributed by atoms with Gasteiger partial charge in [0.05, 0.1) is 0 Å². The van der Waals surface area contributed by atoms with E-state index in [0.717, 1.165) is 31.3 Å². The fourth-order valence-electron chi connectivity index (χ4n) is 2.76. The first-order chi connectivity index (χ1) is 7.18. The maximum absolute atomic E-state index is 11.8. The maximum atomic E-state index is 11.8. The molecule has 1 saturated heterocycles. The number of amides is 1. The van der Waals surface area contributed by atoms with Gasteiger partial charge in [-0.1, -0.05) is 19.3 Å². The summed E-state index contributed by atoms with van der Waals surface area (Å²) in [6.45, 7) is 3.65. The topological polar surface area (TPSA) is 20.3 Å². The van der Waals surface area contributed by atoms with Crippen molar-refractivity contribution in [1.29, 1.82) is 0 Å². The van der Waals surface area contributed by atoms with Crippen molar-refractivity contribution in [3.8, 4) is 0 Å². The van der Waals surface area contributed by atoms with Crippen molar-refractivity contribution >= 4 is 17.5 Å². The molecule has 2 atom stereocenters. The third-order valence-corrected chi connectivity index (χ3v) is 4.11. The second-order valence-electron chi connectivity index (χ2n) is 4.99. The third kappa shape index (κ3) is 2.47. The molecule has 86 valence electrons. The fourth-order valence-corrected chi connectivity index (χ4v) is 2.90. The summed E-state index contributed by atoms with van der Waals surface area (Å²) in [5, 5.41) is -0.356. The SMILES string of the molecule is CC(Cl)C(=O)N1CCCC(C2CCC2)C1. The van der Waals surface area contributed by atoms with Crippen molar-refractivity contribution in [1.82, 2.24) is 4.90 Å². The van der Waals surface area contributed by atoms with Crippen LogP contribution in [-0.2, 0) is 4.79 Å². The Bertz CT molecular complexity index is 238. The Labute approximate surface area is 97.0 Å². The van der Waals surface area contributed by atoms with E-state index in [2.05, 4.69) is 0 Å². The van der Waals surface area contributed by atoms with Crippen LogP contribution in [0.2, 0.25) is 0 Å². The second kappa shape index (κ2) is 4.73. The molecule has 0 aromatic heterocycles. The van der Waals surface area contributed by atoms with Gasteiger partial charge in [-0.2, -0.15) is 0 Å². The Morgan fingerprint density at radius 2 is 1.93 bits per heavy atom. The van der Waals surface area contributed by atoms with Crippen molar-refractivity contribution in [2.45, 2.75) is 44.4 Å². The highest BCUT2D eigenvalue weighted by Gasteiger charge is 2.33. The van der Waals surface area contributed by atoms with Gasteiger partial charge >= 0.3 is 0 Å². The summed E-state index contributed by atoms with van der Waals surface area (Å²) in [6, 6.07) is 0. The molecule has 2 aliphatic rings. The lowest BCUT2D eigenvalue weighted by Crippen LogP contribution is -2.45. The number of hydrogen-bond donors (Lipinski definition) is 0. The van der Waals surface area contributed by atoms with Gasteiger partial charge in [-0.3, -0.25) is 4.79 Å². The number of carbonyl (C=O) groups is 1. The van der Waals surface area contributed by atoms with Crippen LogP contribution in [0.3, 0.4) is 0 Å². The summed E-state index contributed by atoms with van der Waals surface area (Å²) in [5.41, 5.74) is 0. The predicted octanol–water partition coefficient (Wildman–Crippen LogP) is 2.65. The van der Waals surface area contributed by atoms with Gasteiger partial charge in [0, 0.05) is 13.1 Å². The van der Waals surface area contributed by atoms with Gasteiger partial charge in [0.15, 0.2) is 0 Å². The number of nitrogens with zero attached hydrogens (tertiary/aromatic N) is 1. The zero-order valence-corrected chi connectivity index (χ0v) is 10.2. The van der Waals surface area contributed by atoms with Gasteiger partial charge in [0.25, 0.3) is 0 Å². The Hall–Kier alpha value is -0.240. The summed E-state index contributed by atoms with van der Waals surface area (Å²) in [4.78, 5) is 13.7. The molecule has 2 rings (SSSR count). The summed E-state index contributed by atoms with van der Waals surface area (Å²) < 4.78 is 0. The van der Waals surface area contributed by atoms with Crippen molar-refractivity contribution < 1.29 is 4.79 Å². The average molecular weight is 230 g/mol. The smallest absolute Gasteiger partial charge is 0.240 e. The summed E-state index contributed by atoms with van der Waals surface area (Å²) in [7, 11) is 0. The van der Waals surface area contributed by atoms with Gasteiger partial charge in [-0.15, -0.1) is 11.6 Å². The van der Waals surface area contributed by atoms with Crippen LogP contribution >= 0.6 is 11.6 Å². The van der Waals surface area contributed by atoms with Crippen molar-refractivity contribution in [2.24, 2.45) is 11.8 Å². The maximum Gasteiger partial charge on any atom is 0.240 e. The highest BCUT2D eigenvalue weighted by molar-refractivity contribution is 6.30. The fraction of sp³-hybridized carbons (Fsp3) is 0.917. The normalized spacial score (nSPS) is 29.7. The molecule has 0 aromatic carbocycles. The van der Waals surface area contributed by atoms with Crippen molar-refractivity contribution in [2.75, 3.05) is 13.1 Å². The lowest BCUT2D eigenvalue weighted by atomic mass is 9.73. The van der Waals surface area contributed by atoms with E-state index >= 15 is 0 Å². The molecule has 2 nitrogen and oxygen atoms in total. The number of carbonyl (C=O) groups excluding carboxylic acids is 1. The molecule has 1 aliphatic heterocycles. The Kier molecular flexibility index (Phi) is 3.55. The molecule has 0 aromatic rings. The Morgan fingerprint density at radius 3 is 2.47 bits per heavy atom. The number of alkyl halides is 1.